The number of ether oxygens (including phenoxy) is 1. The molecule has 2 aliphatic rings. The smallest absolute Gasteiger partial charge is 0.0468 e. The monoisotopic (exact) mass is 326 g/mol. The van der Waals surface area contributed by atoms with Crippen LogP contribution in [0.15, 0.2) is 0 Å². The lowest BCUT2D eigenvalue weighted by Gasteiger charge is -2.23. The van der Waals surface area contributed by atoms with Crippen molar-refractivity contribution in [3.63, 3.8) is 0 Å². The van der Waals surface area contributed by atoms with Crippen molar-refractivity contribution >= 4 is 0 Å². The topological polar surface area (TPSA) is 9.23 Å². The van der Waals surface area contributed by atoms with E-state index in [1.54, 1.807) is 0 Å². The molecule has 1 saturated carbocycles. The van der Waals surface area contributed by atoms with Crippen molar-refractivity contribution in [1.29, 1.82) is 0 Å². The molecule has 1 aliphatic heterocycles. The minimum atomic E-state index is 0.864. The molecule has 2 fully saturated rings. The Labute approximate surface area is 148 Å². The van der Waals surface area contributed by atoms with Gasteiger partial charge in [0, 0.05) is 13.2 Å². The first-order chi connectivity index (χ1) is 10.8. The van der Waals surface area contributed by atoms with Gasteiger partial charge in [0.25, 0.3) is 0 Å². The van der Waals surface area contributed by atoms with Crippen molar-refractivity contribution in [3.8, 4) is 0 Å². The molecule has 0 spiro atoms. The van der Waals surface area contributed by atoms with Crippen LogP contribution in [0.4, 0.5) is 0 Å². The van der Waals surface area contributed by atoms with Crippen LogP contribution < -0.4 is 0 Å². The van der Waals surface area contributed by atoms with Gasteiger partial charge in [-0.05, 0) is 55.3 Å². The average molecular weight is 327 g/mol. The van der Waals surface area contributed by atoms with Crippen LogP contribution in [0.3, 0.4) is 0 Å². The van der Waals surface area contributed by atoms with Crippen molar-refractivity contribution in [2.45, 2.75) is 99.8 Å². The van der Waals surface area contributed by atoms with Gasteiger partial charge < -0.3 is 4.74 Å². The summed E-state index contributed by atoms with van der Waals surface area (Å²) in [6, 6.07) is 0. The summed E-state index contributed by atoms with van der Waals surface area (Å²) in [5.74, 6) is 4.78. The van der Waals surface area contributed by atoms with Crippen molar-refractivity contribution in [2.75, 3.05) is 13.2 Å². The Morgan fingerprint density at radius 1 is 0.696 bits per heavy atom. The van der Waals surface area contributed by atoms with E-state index < -0.39 is 0 Å². The first-order valence-electron chi connectivity index (χ1n) is 10.4. The summed E-state index contributed by atoms with van der Waals surface area (Å²) in [5, 5.41) is 0. The van der Waals surface area contributed by atoms with Crippen LogP contribution in [0.2, 0.25) is 0 Å². The van der Waals surface area contributed by atoms with E-state index in [-0.39, 0.29) is 0 Å². The first kappa shape index (κ1) is 23.0. The Balaban J connectivity index is 0.000000330. The van der Waals surface area contributed by atoms with Crippen LogP contribution in [-0.2, 0) is 4.74 Å². The molecular formula is C22H46O. The van der Waals surface area contributed by atoms with E-state index in [0.29, 0.717) is 0 Å². The highest BCUT2D eigenvalue weighted by Crippen LogP contribution is 2.34. The summed E-state index contributed by atoms with van der Waals surface area (Å²) in [6.45, 7) is 17.9. The lowest BCUT2D eigenvalue weighted by atomic mass is 9.91. The van der Waals surface area contributed by atoms with Gasteiger partial charge in [-0.15, -0.1) is 0 Å². The summed E-state index contributed by atoms with van der Waals surface area (Å²) in [5.41, 5.74) is 0. The highest BCUT2D eigenvalue weighted by Gasteiger charge is 2.21. The fourth-order valence-corrected chi connectivity index (χ4v) is 3.25. The normalized spacial score (nSPS) is 18.5. The number of rotatable bonds is 6. The molecule has 0 N–H and O–H groups in total. The Kier molecular flexibility index (Phi) is 14.3. The molecule has 2 rings (SSSR count). The van der Waals surface area contributed by atoms with Gasteiger partial charge in [0.15, 0.2) is 0 Å². The summed E-state index contributed by atoms with van der Waals surface area (Å²) >= 11 is 0. The molecule has 0 atom stereocenters. The van der Waals surface area contributed by atoms with Gasteiger partial charge in [0.05, 0.1) is 0 Å². The van der Waals surface area contributed by atoms with Crippen LogP contribution in [0.5, 0.6) is 0 Å². The predicted octanol–water partition coefficient (Wildman–Crippen LogP) is 7.34. The fraction of sp³-hybridized carbons (Fsp3) is 1.00. The third-order valence-electron chi connectivity index (χ3n) is 4.51. The molecule has 1 saturated heterocycles. The number of hydrogen-bond acceptors (Lipinski definition) is 1. The van der Waals surface area contributed by atoms with Gasteiger partial charge in [-0.3, -0.25) is 0 Å². The Hall–Kier alpha value is -0.0400. The molecule has 23 heavy (non-hydrogen) atoms. The van der Waals surface area contributed by atoms with E-state index in [1.165, 1.54) is 51.4 Å². The summed E-state index contributed by atoms with van der Waals surface area (Å²) < 4.78 is 5.28. The third kappa shape index (κ3) is 18.1. The molecule has 0 unspecified atom stereocenters. The van der Waals surface area contributed by atoms with Crippen LogP contribution in [-0.4, -0.2) is 13.2 Å². The van der Waals surface area contributed by atoms with Crippen molar-refractivity contribution in [1.82, 2.24) is 0 Å². The van der Waals surface area contributed by atoms with Gasteiger partial charge in [-0.2, -0.15) is 0 Å². The Morgan fingerprint density at radius 2 is 1.13 bits per heavy atom. The average Bonchev–Trinajstić information content (AvgIpc) is 3.23. The highest BCUT2D eigenvalue weighted by atomic mass is 16.5. The standard InChI is InChI=1S/C9H18O.C7H14.C6H14/c1-8(2)7-9-3-5-10-6-4-9;1-6(2)5-7-3-4-7;1-4-5-6(2)3/h8-9H,3-7H2,1-2H3;6-7H,3-5H2,1-2H3;6H,4-5H2,1-3H3. The summed E-state index contributed by atoms with van der Waals surface area (Å²) in [4.78, 5) is 0. The molecule has 1 nitrogen and oxygen atoms in total. The van der Waals surface area contributed by atoms with Gasteiger partial charge in [-0.25, -0.2) is 0 Å². The zero-order valence-electron chi connectivity index (χ0n) is 17.4. The predicted molar refractivity (Wildman–Crippen MR) is 105 cm³/mol. The summed E-state index contributed by atoms with van der Waals surface area (Å²) in [7, 11) is 0. The number of hydrogen-bond donors (Lipinski definition) is 0. The summed E-state index contributed by atoms with van der Waals surface area (Å²) in [6.07, 6.45) is 11.2. The third-order valence-corrected chi connectivity index (χ3v) is 4.51. The van der Waals surface area contributed by atoms with Gasteiger partial charge >= 0.3 is 0 Å². The van der Waals surface area contributed by atoms with E-state index >= 15 is 0 Å². The minimum Gasteiger partial charge on any atom is -0.381 e. The SMILES string of the molecule is CC(C)CC1CC1.CC(C)CC1CCOCC1.CCCC(C)C. The second-order valence-corrected chi connectivity index (χ2v) is 8.94. The maximum absolute atomic E-state index is 5.28. The van der Waals surface area contributed by atoms with E-state index in [0.717, 1.165) is 42.8 Å². The molecule has 1 heteroatoms. The Morgan fingerprint density at radius 3 is 1.39 bits per heavy atom. The van der Waals surface area contributed by atoms with Crippen molar-refractivity contribution in [2.24, 2.45) is 29.6 Å². The van der Waals surface area contributed by atoms with E-state index in [1.807, 2.05) is 0 Å². The van der Waals surface area contributed by atoms with Crippen molar-refractivity contribution in [3.05, 3.63) is 0 Å². The van der Waals surface area contributed by atoms with E-state index in [2.05, 4.69) is 48.5 Å². The molecule has 1 heterocycles. The fourth-order valence-electron chi connectivity index (χ4n) is 3.25. The van der Waals surface area contributed by atoms with Crippen LogP contribution >= 0.6 is 0 Å². The molecule has 0 radical (unpaired) electrons. The van der Waals surface area contributed by atoms with Gasteiger partial charge in [0.1, 0.15) is 0 Å². The maximum atomic E-state index is 5.28. The van der Waals surface area contributed by atoms with Crippen LogP contribution in [0, 0.1) is 29.6 Å². The maximum Gasteiger partial charge on any atom is 0.0468 e. The van der Waals surface area contributed by atoms with E-state index in [9.17, 15) is 0 Å². The van der Waals surface area contributed by atoms with Crippen LogP contribution in [0.1, 0.15) is 99.8 Å². The van der Waals surface area contributed by atoms with Crippen molar-refractivity contribution < 1.29 is 4.74 Å². The largest absolute Gasteiger partial charge is 0.381 e. The second-order valence-electron chi connectivity index (χ2n) is 8.94. The molecule has 1 aliphatic carbocycles. The van der Waals surface area contributed by atoms with Gasteiger partial charge in [0.2, 0.25) is 0 Å². The zero-order valence-corrected chi connectivity index (χ0v) is 17.4. The lowest BCUT2D eigenvalue weighted by molar-refractivity contribution is 0.0602. The molecule has 140 valence electrons. The molecular weight excluding hydrogens is 280 g/mol. The molecule has 0 aromatic rings. The minimum absolute atomic E-state index is 0.864. The van der Waals surface area contributed by atoms with E-state index in [4.69, 9.17) is 4.74 Å². The molecule has 0 amide bonds. The second kappa shape index (κ2) is 14.3. The molecule has 0 bridgehead atoms. The quantitative estimate of drug-likeness (QED) is 0.496. The molecule has 0 aromatic carbocycles. The lowest BCUT2D eigenvalue weighted by Crippen LogP contribution is -2.16. The highest BCUT2D eigenvalue weighted by molar-refractivity contribution is 4.73. The molecule has 0 aromatic heterocycles. The first-order valence-corrected chi connectivity index (χ1v) is 10.4. The Bertz CT molecular complexity index is 234. The van der Waals surface area contributed by atoms with Gasteiger partial charge in [-0.1, -0.05) is 74.1 Å². The zero-order chi connectivity index (χ0) is 17.7. The van der Waals surface area contributed by atoms with Crippen LogP contribution in [0.25, 0.3) is 0 Å².